The fraction of sp³-hybridized carbons (Fsp3) is 0.667. The van der Waals surface area contributed by atoms with Crippen LogP contribution in [0.5, 0.6) is 0 Å². The number of H-pyrrole nitrogens is 1. The van der Waals surface area contributed by atoms with E-state index in [1.54, 1.807) is 6.33 Å². The van der Waals surface area contributed by atoms with Crippen molar-refractivity contribution in [2.75, 3.05) is 13.2 Å². The minimum Gasteiger partial charge on any atom is -0.380 e. The SMILES string of the molecule is CCOCC(C)NCc1cnc[nH]1. The molecule has 0 aliphatic heterocycles. The van der Waals surface area contributed by atoms with Crippen LogP contribution in [-0.2, 0) is 11.3 Å². The first-order valence-electron chi connectivity index (χ1n) is 4.61. The maximum atomic E-state index is 5.28. The van der Waals surface area contributed by atoms with Crippen LogP contribution in [0.15, 0.2) is 12.5 Å². The summed E-state index contributed by atoms with van der Waals surface area (Å²) in [5.41, 5.74) is 1.10. The van der Waals surface area contributed by atoms with Gasteiger partial charge in [-0.25, -0.2) is 4.98 Å². The molecule has 0 aliphatic carbocycles. The Kier molecular flexibility index (Phi) is 4.49. The van der Waals surface area contributed by atoms with E-state index in [0.717, 1.165) is 25.5 Å². The van der Waals surface area contributed by atoms with Gasteiger partial charge < -0.3 is 15.0 Å². The highest BCUT2D eigenvalue weighted by Crippen LogP contribution is 1.91. The molecular formula is C9H17N3O. The molecule has 0 saturated carbocycles. The summed E-state index contributed by atoms with van der Waals surface area (Å²) < 4.78 is 5.28. The number of nitrogens with one attached hydrogen (secondary N) is 2. The van der Waals surface area contributed by atoms with Crippen LogP contribution in [0.3, 0.4) is 0 Å². The number of ether oxygens (including phenoxy) is 1. The van der Waals surface area contributed by atoms with Gasteiger partial charge in [0.25, 0.3) is 0 Å². The molecule has 13 heavy (non-hydrogen) atoms. The topological polar surface area (TPSA) is 49.9 Å². The number of imidazole rings is 1. The summed E-state index contributed by atoms with van der Waals surface area (Å²) in [5.74, 6) is 0. The number of nitrogens with zero attached hydrogens (tertiary/aromatic N) is 1. The summed E-state index contributed by atoms with van der Waals surface area (Å²) in [4.78, 5) is 6.97. The van der Waals surface area contributed by atoms with Crippen molar-refractivity contribution in [2.24, 2.45) is 0 Å². The summed E-state index contributed by atoms with van der Waals surface area (Å²) in [5, 5.41) is 3.32. The molecule has 1 aromatic rings. The highest BCUT2D eigenvalue weighted by atomic mass is 16.5. The molecule has 1 rings (SSSR count). The van der Waals surface area contributed by atoms with Crippen molar-refractivity contribution in [3.8, 4) is 0 Å². The van der Waals surface area contributed by atoms with Crippen molar-refractivity contribution in [1.29, 1.82) is 0 Å². The molecule has 1 heterocycles. The molecule has 1 aromatic heterocycles. The fourth-order valence-electron chi connectivity index (χ4n) is 1.02. The van der Waals surface area contributed by atoms with Gasteiger partial charge >= 0.3 is 0 Å². The minimum absolute atomic E-state index is 0.378. The van der Waals surface area contributed by atoms with E-state index in [4.69, 9.17) is 4.74 Å². The predicted octanol–water partition coefficient (Wildman–Crippen LogP) is 0.924. The van der Waals surface area contributed by atoms with E-state index in [0.29, 0.717) is 6.04 Å². The van der Waals surface area contributed by atoms with E-state index >= 15 is 0 Å². The van der Waals surface area contributed by atoms with Gasteiger partial charge in [0.2, 0.25) is 0 Å². The van der Waals surface area contributed by atoms with Gasteiger partial charge in [-0.1, -0.05) is 0 Å². The number of aromatic nitrogens is 2. The van der Waals surface area contributed by atoms with E-state index in [1.807, 2.05) is 13.1 Å². The van der Waals surface area contributed by atoms with Gasteiger partial charge in [-0.2, -0.15) is 0 Å². The highest BCUT2D eigenvalue weighted by molar-refractivity contribution is 4.93. The first-order valence-corrected chi connectivity index (χ1v) is 4.61. The van der Waals surface area contributed by atoms with Crippen molar-refractivity contribution in [1.82, 2.24) is 15.3 Å². The molecule has 4 nitrogen and oxygen atoms in total. The second-order valence-corrected chi connectivity index (χ2v) is 3.02. The van der Waals surface area contributed by atoms with E-state index in [9.17, 15) is 0 Å². The summed E-state index contributed by atoms with van der Waals surface area (Å²) in [7, 11) is 0. The van der Waals surface area contributed by atoms with Crippen LogP contribution in [0.2, 0.25) is 0 Å². The molecule has 0 bridgehead atoms. The molecule has 0 aromatic carbocycles. The molecule has 2 N–H and O–H groups in total. The number of hydrogen-bond acceptors (Lipinski definition) is 3. The average Bonchev–Trinajstić information content (AvgIpc) is 2.64. The molecule has 74 valence electrons. The molecule has 0 fully saturated rings. The van der Waals surface area contributed by atoms with Crippen molar-refractivity contribution < 1.29 is 4.74 Å². The van der Waals surface area contributed by atoms with Crippen LogP contribution < -0.4 is 5.32 Å². The summed E-state index contributed by atoms with van der Waals surface area (Å²) in [6.07, 6.45) is 3.50. The summed E-state index contributed by atoms with van der Waals surface area (Å²) >= 11 is 0. The van der Waals surface area contributed by atoms with Gasteiger partial charge in [0.05, 0.1) is 12.9 Å². The normalized spacial score (nSPS) is 13.1. The average molecular weight is 183 g/mol. The highest BCUT2D eigenvalue weighted by Gasteiger charge is 2.00. The minimum atomic E-state index is 0.378. The van der Waals surface area contributed by atoms with Gasteiger partial charge in [0, 0.05) is 31.1 Å². The number of hydrogen-bond donors (Lipinski definition) is 2. The summed E-state index contributed by atoms with van der Waals surface area (Å²) in [6.45, 7) is 6.45. The Morgan fingerprint density at radius 2 is 2.54 bits per heavy atom. The van der Waals surface area contributed by atoms with Gasteiger partial charge in [0.1, 0.15) is 0 Å². The first kappa shape index (κ1) is 10.2. The second-order valence-electron chi connectivity index (χ2n) is 3.02. The lowest BCUT2D eigenvalue weighted by atomic mass is 10.3. The van der Waals surface area contributed by atoms with Crippen LogP contribution in [-0.4, -0.2) is 29.2 Å². The lowest BCUT2D eigenvalue weighted by Crippen LogP contribution is -2.30. The van der Waals surface area contributed by atoms with E-state index in [1.165, 1.54) is 0 Å². The lowest BCUT2D eigenvalue weighted by molar-refractivity contribution is 0.127. The Morgan fingerprint density at radius 3 is 3.15 bits per heavy atom. The Hall–Kier alpha value is -0.870. The maximum Gasteiger partial charge on any atom is 0.0922 e. The van der Waals surface area contributed by atoms with Crippen LogP contribution in [0.1, 0.15) is 19.5 Å². The fourth-order valence-corrected chi connectivity index (χ4v) is 1.02. The quantitative estimate of drug-likeness (QED) is 0.689. The first-order chi connectivity index (χ1) is 6.33. The standard InChI is InChI=1S/C9H17N3O/c1-3-13-6-8(2)11-5-9-4-10-7-12-9/h4,7-8,11H,3,5-6H2,1-2H3,(H,10,12). The molecule has 4 heteroatoms. The van der Waals surface area contributed by atoms with Crippen LogP contribution in [0.25, 0.3) is 0 Å². The molecular weight excluding hydrogens is 166 g/mol. The summed E-state index contributed by atoms with van der Waals surface area (Å²) in [6, 6.07) is 0.378. The largest absolute Gasteiger partial charge is 0.380 e. The zero-order valence-electron chi connectivity index (χ0n) is 8.21. The molecule has 0 amide bonds. The lowest BCUT2D eigenvalue weighted by Gasteiger charge is -2.12. The van der Waals surface area contributed by atoms with E-state index < -0.39 is 0 Å². The van der Waals surface area contributed by atoms with Gasteiger partial charge in [0.15, 0.2) is 0 Å². The van der Waals surface area contributed by atoms with Crippen LogP contribution in [0.4, 0.5) is 0 Å². The third-order valence-corrected chi connectivity index (χ3v) is 1.77. The second kappa shape index (κ2) is 5.72. The predicted molar refractivity (Wildman–Crippen MR) is 51.4 cm³/mol. The Morgan fingerprint density at radius 1 is 1.69 bits per heavy atom. The van der Waals surface area contributed by atoms with Crippen LogP contribution in [0, 0.1) is 0 Å². The van der Waals surface area contributed by atoms with E-state index in [2.05, 4.69) is 22.2 Å². The molecule has 0 spiro atoms. The maximum absolute atomic E-state index is 5.28. The van der Waals surface area contributed by atoms with Crippen molar-refractivity contribution in [2.45, 2.75) is 26.4 Å². The smallest absolute Gasteiger partial charge is 0.0922 e. The van der Waals surface area contributed by atoms with Gasteiger partial charge in [-0.15, -0.1) is 0 Å². The molecule has 0 radical (unpaired) electrons. The third kappa shape index (κ3) is 4.05. The zero-order valence-corrected chi connectivity index (χ0v) is 8.21. The Labute approximate surface area is 78.7 Å². The van der Waals surface area contributed by atoms with Gasteiger partial charge in [-0.05, 0) is 13.8 Å². The van der Waals surface area contributed by atoms with Crippen molar-refractivity contribution in [3.63, 3.8) is 0 Å². The molecule has 1 atom stereocenters. The van der Waals surface area contributed by atoms with Gasteiger partial charge in [-0.3, -0.25) is 0 Å². The van der Waals surface area contributed by atoms with Crippen LogP contribution >= 0.6 is 0 Å². The van der Waals surface area contributed by atoms with E-state index in [-0.39, 0.29) is 0 Å². The zero-order chi connectivity index (χ0) is 9.52. The Balaban J connectivity index is 2.11. The molecule has 1 unspecified atom stereocenters. The number of aromatic amines is 1. The molecule has 0 saturated heterocycles. The Bertz CT molecular complexity index is 211. The van der Waals surface area contributed by atoms with Crippen molar-refractivity contribution >= 4 is 0 Å². The van der Waals surface area contributed by atoms with Crippen molar-refractivity contribution in [3.05, 3.63) is 18.2 Å². The molecule has 0 aliphatic rings. The number of rotatable bonds is 6. The monoisotopic (exact) mass is 183 g/mol. The third-order valence-electron chi connectivity index (χ3n) is 1.77.